The van der Waals surface area contributed by atoms with Crippen molar-refractivity contribution in [2.75, 3.05) is 30.5 Å². The fraction of sp³-hybridized carbons (Fsp3) is 0.250. The predicted octanol–water partition coefficient (Wildman–Crippen LogP) is 2.90. The first-order chi connectivity index (χ1) is 14.8. The van der Waals surface area contributed by atoms with Crippen LogP contribution in [0.2, 0.25) is 0 Å². The molecule has 0 aromatic heterocycles. The zero-order chi connectivity index (χ0) is 22.5. The van der Waals surface area contributed by atoms with Crippen LogP contribution in [0, 0.1) is 16.0 Å². The average molecular weight is 492 g/mol. The monoisotopic (exact) mass is 491 g/mol. The van der Waals surface area contributed by atoms with E-state index in [1.165, 1.54) is 30.2 Å². The van der Waals surface area contributed by atoms with Crippen molar-refractivity contribution in [3.05, 3.63) is 57.1 Å². The number of halogens is 1. The van der Waals surface area contributed by atoms with Gasteiger partial charge >= 0.3 is 5.97 Å². The number of rotatable bonds is 7. The molecule has 1 aliphatic rings. The highest BCUT2D eigenvalue weighted by atomic mass is 79.9. The number of carbonyl (C=O) groups is 3. The molecular weight excluding hydrogens is 474 g/mol. The molecule has 0 bridgehead atoms. The summed E-state index contributed by atoms with van der Waals surface area (Å²) in [4.78, 5) is 48.5. The normalized spacial score (nSPS) is 15.5. The zero-order valence-electron chi connectivity index (χ0n) is 16.4. The van der Waals surface area contributed by atoms with Crippen molar-refractivity contribution < 1.29 is 28.8 Å². The molecule has 10 nitrogen and oxygen atoms in total. The second-order valence-electron chi connectivity index (χ2n) is 6.68. The minimum absolute atomic E-state index is 0.0141. The van der Waals surface area contributed by atoms with Crippen LogP contribution in [0.5, 0.6) is 5.75 Å². The number of ether oxygens (including phenoxy) is 2. The number of hydrogen-bond donors (Lipinski definition) is 1. The zero-order valence-corrected chi connectivity index (χ0v) is 18.0. The van der Waals surface area contributed by atoms with Crippen LogP contribution < -0.4 is 15.0 Å². The van der Waals surface area contributed by atoms with Crippen molar-refractivity contribution in [2.24, 2.45) is 5.92 Å². The SMILES string of the molecule is COc1cc([N+](=O)[O-])ccc1N1C[C@H](C(=O)OCC(=O)Nc2ccc(Br)cc2)CC1=O. The molecule has 31 heavy (non-hydrogen) atoms. The Bertz CT molecular complexity index is 1030. The smallest absolute Gasteiger partial charge is 0.311 e. The van der Waals surface area contributed by atoms with Gasteiger partial charge in [-0.25, -0.2) is 0 Å². The summed E-state index contributed by atoms with van der Waals surface area (Å²) in [5, 5.41) is 13.5. The number of amides is 2. The van der Waals surface area contributed by atoms with Gasteiger partial charge in [-0.15, -0.1) is 0 Å². The molecule has 1 N–H and O–H groups in total. The van der Waals surface area contributed by atoms with Crippen LogP contribution in [-0.2, 0) is 19.1 Å². The minimum Gasteiger partial charge on any atom is -0.494 e. The maximum absolute atomic E-state index is 12.4. The Hall–Kier alpha value is -3.47. The lowest BCUT2D eigenvalue weighted by Gasteiger charge is -2.19. The van der Waals surface area contributed by atoms with Crippen LogP contribution >= 0.6 is 15.9 Å². The van der Waals surface area contributed by atoms with Crippen LogP contribution in [-0.4, -0.2) is 43.0 Å². The van der Waals surface area contributed by atoms with Gasteiger partial charge in [0.05, 0.1) is 29.7 Å². The number of hydrogen-bond acceptors (Lipinski definition) is 7. The highest BCUT2D eigenvalue weighted by Gasteiger charge is 2.37. The van der Waals surface area contributed by atoms with E-state index in [2.05, 4.69) is 21.2 Å². The lowest BCUT2D eigenvalue weighted by molar-refractivity contribution is -0.384. The molecule has 1 saturated heterocycles. The van der Waals surface area contributed by atoms with E-state index in [0.29, 0.717) is 11.4 Å². The molecule has 162 valence electrons. The van der Waals surface area contributed by atoms with E-state index in [1.54, 1.807) is 24.3 Å². The number of nitrogens with one attached hydrogen (secondary N) is 1. The molecule has 0 radical (unpaired) electrons. The number of non-ortho nitro benzene ring substituents is 1. The van der Waals surface area contributed by atoms with Crippen molar-refractivity contribution in [3.8, 4) is 5.75 Å². The largest absolute Gasteiger partial charge is 0.494 e. The number of nitrogens with zero attached hydrogens (tertiary/aromatic N) is 2. The van der Waals surface area contributed by atoms with Crippen LogP contribution in [0.3, 0.4) is 0 Å². The van der Waals surface area contributed by atoms with E-state index in [0.717, 1.165) is 4.47 Å². The second kappa shape index (κ2) is 9.56. The number of esters is 1. The highest BCUT2D eigenvalue weighted by Crippen LogP contribution is 2.36. The number of nitro benzene ring substituents is 1. The summed E-state index contributed by atoms with van der Waals surface area (Å²) >= 11 is 3.29. The molecule has 2 aromatic carbocycles. The van der Waals surface area contributed by atoms with Crippen LogP contribution in [0.25, 0.3) is 0 Å². The fourth-order valence-electron chi connectivity index (χ4n) is 3.09. The van der Waals surface area contributed by atoms with Crippen molar-refractivity contribution >= 4 is 50.8 Å². The molecule has 0 unspecified atom stereocenters. The molecule has 11 heteroatoms. The van der Waals surface area contributed by atoms with Gasteiger partial charge < -0.3 is 19.7 Å². The van der Waals surface area contributed by atoms with Gasteiger partial charge in [0.1, 0.15) is 5.75 Å². The summed E-state index contributed by atoms with van der Waals surface area (Å²) in [6.45, 7) is -0.472. The maximum atomic E-state index is 12.4. The van der Waals surface area contributed by atoms with Crippen molar-refractivity contribution in [1.82, 2.24) is 0 Å². The lowest BCUT2D eigenvalue weighted by Crippen LogP contribution is -2.28. The molecular formula is C20H18BrN3O7. The van der Waals surface area contributed by atoms with Gasteiger partial charge in [-0.3, -0.25) is 24.5 Å². The Labute approximate surface area is 185 Å². The minimum atomic E-state index is -0.770. The molecule has 2 aromatic rings. The molecule has 1 aliphatic heterocycles. The lowest BCUT2D eigenvalue weighted by atomic mass is 10.1. The highest BCUT2D eigenvalue weighted by molar-refractivity contribution is 9.10. The Balaban J connectivity index is 1.59. The first-order valence-corrected chi connectivity index (χ1v) is 9.92. The average Bonchev–Trinajstić information content (AvgIpc) is 3.14. The summed E-state index contributed by atoms with van der Waals surface area (Å²) in [7, 11) is 1.33. The van der Waals surface area contributed by atoms with Crippen LogP contribution in [0.1, 0.15) is 6.42 Å². The molecule has 0 saturated carbocycles. The summed E-state index contributed by atoms with van der Waals surface area (Å²) < 4.78 is 11.1. The summed E-state index contributed by atoms with van der Waals surface area (Å²) in [6.07, 6.45) is -0.104. The molecule has 0 spiro atoms. The number of carbonyl (C=O) groups excluding carboxylic acids is 3. The third-order valence-corrected chi connectivity index (χ3v) is 5.13. The van der Waals surface area contributed by atoms with Gasteiger partial charge in [0.2, 0.25) is 5.91 Å². The number of nitro groups is 1. The van der Waals surface area contributed by atoms with E-state index in [1.807, 2.05) is 0 Å². The topological polar surface area (TPSA) is 128 Å². The van der Waals surface area contributed by atoms with E-state index >= 15 is 0 Å². The van der Waals surface area contributed by atoms with E-state index in [9.17, 15) is 24.5 Å². The van der Waals surface area contributed by atoms with Gasteiger partial charge in [0, 0.05) is 29.2 Å². The Morgan fingerprint density at radius 1 is 1.26 bits per heavy atom. The maximum Gasteiger partial charge on any atom is 0.311 e. The van der Waals surface area contributed by atoms with E-state index in [-0.39, 0.29) is 30.3 Å². The second-order valence-corrected chi connectivity index (χ2v) is 7.60. The quantitative estimate of drug-likeness (QED) is 0.358. The first-order valence-electron chi connectivity index (χ1n) is 9.13. The molecule has 1 heterocycles. The molecule has 1 atom stereocenters. The summed E-state index contributed by atoms with van der Waals surface area (Å²) in [5.74, 6) is -2.16. The molecule has 0 aliphatic carbocycles. The van der Waals surface area contributed by atoms with Crippen LogP contribution in [0.4, 0.5) is 17.1 Å². The predicted molar refractivity (Wildman–Crippen MR) is 114 cm³/mol. The Morgan fingerprint density at radius 3 is 2.61 bits per heavy atom. The third kappa shape index (κ3) is 5.37. The first kappa shape index (κ1) is 22.2. The molecule has 2 amide bonds. The van der Waals surface area contributed by atoms with Gasteiger partial charge in [0.15, 0.2) is 6.61 Å². The van der Waals surface area contributed by atoms with Crippen LogP contribution in [0.15, 0.2) is 46.9 Å². The summed E-state index contributed by atoms with van der Waals surface area (Å²) in [6, 6.07) is 10.8. The van der Waals surface area contributed by atoms with Gasteiger partial charge in [0.25, 0.3) is 11.6 Å². The van der Waals surface area contributed by atoms with Crippen molar-refractivity contribution in [3.63, 3.8) is 0 Å². The molecule has 3 rings (SSSR count). The summed E-state index contributed by atoms with van der Waals surface area (Å²) in [5.41, 5.74) is 0.693. The molecule has 1 fully saturated rings. The standard InChI is InChI=1S/C20H18BrN3O7/c1-30-17-9-15(24(28)29)6-7-16(17)23-10-12(8-19(23)26)20(27)31-11-18(25)22-14-4-2-13(21)3-5-14/h2-7,9,12H,8,10-11H2,1H3,(H,22,25)/t12-/m1/s1. The van der Waals surface area contributed by atoms with Gasteiger partial charge in [-0.05, 0) is 30.3 Å². The number of methoxy groups -OCH3 is 1. The van der Waals surface area contributed by atoms with Crippen molar-refractivity contribution in [1.29, 1.82) is 0 Å². The van der Waals surface area contributed by atoms with Gasteiger partial charge in [-0.1, -0.05) is 15.9 Å². The van der Waals surface area contributed by atoms with E-state index < -0.39 is 29.3 Å². The third-order valence-electron chi connectivity index (χ3n) is 4.60. The number of benzene rings is 2. The van der Waals surface area contributed by atoms with E-state index in [4.69, 9.17) is 9.47 Å². The fourth-order valence-corrected chi connectivity index (χ4v) is 3.35. The Kier molecular flexibility index (Phi) is 6.85. The number of anilines is 2. The van der Waals surface area contributed by atoms with Crippen molar-refractivity contribution in [2.45, 2.75) is 6.42 Å². The Morgan fingerprint density at radius 2 is 1.97 bits per heavy atom. The van der Waals surface area contributed by atoms with Gasteiger partial charge in [-0.2, -0.15) is 0 Å².